The minimum Gasteiger partial charge on any atom is -0.486 e. The van der Waals surface area contributed by atoms with Crippen molar-refractivity contribution in [1.82, 2.24) is 16.2 Å². The lowest BCUT2D eigenvalue weighted by Gasteiger charge is -2.22. The van der Waals surface area contributed by atoms with E-state index in [1.165, 1.54) is 0 Å². The zero-order chi connectivity index (χ0) is 20.1. The van der Waals surface area contributed by atoms with Gasteiger partial charge in [-0.05, 0) is 36.7 Å². The molecule has 1 fully saturated rings. The molecule has 3 rings (SSSR count). The van der Waals surface area contributed by atoms with E-state index >= 15 is 0 Å². The van der Waals surface area contributed by atoms with Crippen molar-refractivity contribution in [3.63, 3.8) is 0 Å². The fraction of sp³-hybridized carbons (Fsp3) is 0.526. The van der Waals surface area contributed by atoms with E-state index in [1.807, 2.05) is 0 Å². The van der Waals surface area contributed by atoms with E-state index in [-0.39, 0.29) is 18.2 Å². The Hall–Kier alpha value is -2.55. The molecule has 2 aliphatic rings. The Balaban J connectivity index is 1.51. The number of nitrogens with one attached hydrogen (secondary N) is 3. The second-order valence-corrected chi connectivity index (χ2v) is 7.69. The summed E-state index contributed by atoms with van der Waals surface area (Å²) in [5.41, 5.74) is 5.98. The fourth-order valence-corrected chi connectivity index (χ4v) is 3.22. The third-order valence-electron chi connectivity index (χ3n) is 4.64. The molecule has 0 aliphatic carbocycles. The third kappa shape index (κ3) is 5.03. The first-order chi connectivity index (χ1) is 13.4. The summed E-state index contributed by atoms with van der Waals surface area (Å²) >= 11 is 5.14. The molecular weight excluding hydrogens is 380 g/mol. The van der Waals surface area contributed by atoms with E-state index in [4.69, 9.17) is 21.7 Å². The summed E-state index contributed by atoms with van der Waals surface area (Å²) in [5, 5.41) is 3.40. The Labute approximate surface area is 169 Å². The summed E-state index contributed by atoms with van der Waals surface area (Å²) in [6, 6.07) is 5.36. The highest BCUT2D eigenvalue weighted by atomic mass is 32.1. The zero-order valence-corrected chi connectivity index (χ0v) is 16.9. The van der Waals surface area contributed by atoms with Crippen LogP contribution in [0.5, 0.6) is 11.5 Å². The summed E-state index contributed by atoms with van der Waals surface area (Å²) in [7, 11) is 0. The summed E-state index contributed by atoms with van der Waals surface area (Å²) in [6.45, 7) is 6.29. The Morgan fingerprint density at radius 3 is 2.75 bits per heavy atom. The fourth-order valence-electron chi connectivity index (χ4n) is 3.07. The van der Waals surface area contributed by atoms with Gasteiger partial charge in [-0.1, -0.05) is 13.8 Å². The topological polar surface area (TPSA) is 91.9 Å². The SMILES string of the molecule is CC(C)CCNC(=S)NNC(=O)[C@@H]1CC(=O)N(c2ccc3c(c2)OCCO3)C1. The van der Waals surface area contributed by atoms with Crippen LogP contribution in [0.25, 0.3) is 0 Å². The third-order valence-corrected chi connectivity index (χ3v) is 4.89. The minimum absolute atomic E-state index is 0.102. The van der Waals surface area contributed by atoms with E-state index in [0.29, 0.717) is 48.0 Å². The average molecular weight is 407 g/mol. The zero-order valence-electron chi connectivity index (χ0n) is 16.1. The van der Waals surface area contributed by atoms with Crippen LogP contribution in [0.3, 0.4) is 0 Å². The minimum atomic E-state index is -0.452. The van der Waals surface area contributed by atoms with Gasteiger partial charge < -0.3 is 19.7 Å². The van der Waals surface area contributed by atoms with Gasteiger partial charge in [-0.15, -0.1) is 0 Å². The van der Waals surface area contributed by atoms with Gasteiger partial charge in [0.25, 0.3) is 0 Å². The number of hydrazine groups is 1. The molecular formula is C19H26N4O4S. The quantitative estimate of drug-likeness (QED) is 0.502. The lowest BCUT2D eigenvalue weighted by molar-refractivity contribution is -0.126. The number of hydrogen-bond acceptors (Lipinski definition) is 5. The van der Waals surface area contributed by atoms with Gasteiger partial charge in [0.15, 0.2) is 16.6 Å². The Bertz CT molecular complexity index is 755. The molecule has 1 atom stereocenters. The summed E-state index contributed by atoms with van der Waals surface area (Å²) in [6.07, 6.45) is 1.13. The predicted molar refractivity (Wildman–Crippen MR) is 109 cm³/mol. The number of carbonyl (C=O) groups is 2. The molecule has 1 aromatic rings. The maximum absolute atomic E-state index is 12.4. The first-order valence-electron chi connectivity index (χ1n) is 9.47. The lowest BCUT2D eigenvalue weighted by atomic mass is 10.1. The number of benzene rings is 1. The Kier molecular flexibility index (Phi) is 6.56. The number of ether oxygens (including phenoxy) is 2. The second kappa shape index (κ2) is 9.09. The molecule has 0 aromatic heterocycles. The van der Waals surface area contributed by atoms with Crippen LogP contribution >= 0.6 is 12.2 Å². The standard InChI is InChI=1S/C19H26N4O4S/c1-12(2)5-6-20-19(28)22-21-18(25)13-9-17(24)23(11-13)14-3-4-15-16(10-14)27-8-7-26-15/h3-4,10,12-13H,5-9,11H2,1-2H3,(H,21,25)(H2,20,22,28)/t13-/m1/s1. The maximum Gasteiger partial charge on any atom is 0.243 e. The number of rotatable bonds is 5. The van der Waals surface area contributed by atoms with Crippen molar-refractivity contribution in [2.45, 2.75) is 26.7 Å². The van der Waals surface area contributed by atoms with Crippen LogP contribution in [-0.4, -0.2) is 43.2 Å². The molecule has 1 aromatic carbocycles. The van der Waals surface area contributed by atoms with Gasteiger partial charge in [0.2, 0.25) is 11.8 Å². The van der Waals surface area contributed by atoms with Gasteiger partial charge in [-0.2, -0.15) is 0 Å². The van der Waals surface area contributed by atoms with Gasteiger partial charge in [0, 0.05) is 31.3 Å². The molecule has 0 bridgehead atoms. The first-order valence-corrected chi connectivity index (χ1v) is 9.88. The van der Waals surface area contributed by atoms with Crippen LogP contribution in [-0.2, 0) is 9.59 Å². The highest BCUT2D eigenvalue weighted by Crippen LogP contribution is 2.35. The van der Waals surface area contributed by atoms with Crippen LogP contribution in [0.4, 0.5) is 5.69 Å². The molecule has 0 unspecified atom stereocenters. The van der Waals surface area contributed by atoms with Crippen molar-refractivity contribution >= 4 is 34.8 Å². The summed E-state index contributed by atoms with van der Waals surface area (Å²) in [5.74, 6) is 1.03. The molecule has 2 aliphatic heterocycles. The summed E-state index contributed by atoms with van der Waals surface area (Å²) in [4.78, 5) is 26.4. The largest absolute Gasteiger partial charge is 0.486 e. The van der Waals surface area contributed by atoms with Crippen molar-refractivity contribution in [2.24, 2.45) is 11.8 Å². The number of anilines is 1. The highest BCUT2D eigenvalue weighted by molar-refractivity contribution is 7.80. The molecule has 0 spiro atoms. The van der Waals surface area contributed by atoms with Crippen molar-refractivity contribution in [2.75, 3.05) is 31.2 Å². The number of hydrogen-bond donors (Lipinski definition) is 3. The number of nitrogens with zero attached hydrogens (tertiary/aromatic N) is 1. The van der Waals surface area contributed by atoms with E-state index in [1.54, 1.807) is 23.1 Å². The molecule has 0 radical (unpaired) electrons. The highest BCUT2D eigenvalue weighted by Gasteiger charge is 2.35. The molecule has 1 saturated heterocycles. The van der Waals surface area contributed by atoms with E-state index in [2.05, 4.69) is 30.0 Å². The van der Waals surface area contributed by atoms with Crippen molar-refractivity contribution in [3.8, 4) is 11.5 Å². The van der Waals surface area contributed by atoms with Crippen molar-refractivity contribution in [1.29, 1.82) is 0 Å². The Morgan fingerprint density at radius 1 is 1.25 bits per heavy atom. The second-order valence-electron chi connectivity index (χ2n) is 7.29. The number of fused-ring (bicyclic) bond motifs is 1. The van der Waals surface area contributed by atoms with Crippen LogP contribution < -0.4 is 30.5 Å². The average Bonchev–Trinajstić information content (AvgIpc) is 3.07. The van der Waals surface area contributed by atoms with Gasteiger partial charge in [0.1, 0.15) is 13.2 Å². The normalized spacial score (nSPS) is 18.2. The van der Waals surface area contributed by atoms with Gasteiger partial charge in [0.05, 0.1) is 5.92 Å². The van der Waals surface area contributed by atoms with Crippen molar-refractivity contribution in [3.05, 3.63) is 18.2 Å². The van der Waals surface area contributed by atoms with Crippen LogP contribution in [0, 0.1) is 11.8 Å². The molecule has 9 heteroatoms. The van der Waals surface area contributed by atoms with E-state index in [9.17, 15) is 9.59 Å². The van der Waals surface area contributed by atoms with Gasteiger partial charge in [-0.25, -0.2) is 0 Å². The monoisotopic (exact) mass is 406 g/mol. The first kappa shape index (κ1) is 20.2. The maximum atomic E-state index is 12.4. The molecule has 3 N–H and O–H groups in total. The lowest BCUT2D eigenvalue weighted by Crippen LogP contribution is -2.49. The Morgan fingerprint density at radius 2 is 2.00 bits per heavy atom. The predicted octanol–water partition coefficient (Wildman–Crippen LogP) is 1.35. The van der Waals surface area contributed by atoms with Crippen molar-refractivity contribution < 1.29 is 19.1 Å². The molecule has 2 heterocycles. The smallest absolute Gasteiger partial charge is 0.243 e. The number of carbonyl (C=O) groups excluding carboxylic acids is 2. The van der Waals surface area contributed by atoms with Crippen LogP contribution in [0.15, 0.2) is 18.2 Å². The van der Waals surface area contributed by atoms with Crippen LogP contribution in [0.2, 0.25) is 0 Å². The molecule has 28 heavy (non-hydrogen) atoms. The number of thiocarbonyl (C=S) groups is 1. The molecule has 8 nitrogen and oxygen atoms in total. The van der Waals surface area contributed by atoms with E-state index < -0.39 is 5.92 Å². The van der Waals surface area contributed by atoms with Crippen LogP contribution in [0.1, 0.15) is 26.7 Å². The molecule has 0 saturated carbocycles. The molecule has 2 amide bonds. The molecule has 152 valence electrons. The van der Waals surface area contributed by atoms with E-state index in [0.717, 1.165) is 13.0 Å². The summed E-state index contributed by atoms with van der Waals surface area (Å²) < 4.78 is 11.1. The van der Waals surface area contributed by atoms with Gasteiger partial charge >= 0.3 is 0 Å². The van der Waals surface area contributed by atoms with Gasteiger partial charge in [-0.3, -0.25) is 20.4 Å². The number of amides is 2.